The molecule has 0 aliphatic rings. The minimum absolute atomic E-state index is 0.333. The lowest BCUT2D eigenvalue weighted by Gasteiger charge is -2.14. The number of fused-ring (bicyclic) bond motifs is 1. The second kappa shape index (κ2) is 8.79. The Morgan fingerprint density at radius 1 is 1.17 bits per heavy atom. The molecule has 1 aromatic heterocycles. The van der Waals surface area contributed by atoms with Crippen molar-refractivity contribution in [2.75, 3.05) is 11.9 Å². The van der Waals surface area contributed by atoms with Gasteiger partial charge < -0.3 is 19.2 Å². The van der Waals surface area contributed by atoms with E-state index in [2.05, 4.69) is 5.32 Å². The van der Waals surface area contributed by atoms with Crippen LogP contribution in [0.3, 0.4) is 0 Å². The van der Waals surface area contributed by atoms with Crippen LogP contribution in [-0.4, -0.2) is 24.6 Å². The number of anilines is 1. The molecule has 3 rings (SSSR count). The highest BCUT2D eigenvalue weighted by molar-refractivity contribution is 6.30. The molecule has 0 spiro atoms. The zero-order valence-corrected chi connectivity index (χ0v) is 16.5. The van der Waals surface area contributed by atoms with Gasteiger partial charge in [-0.25, -0.2) is 9.59 Å². The predicted octanol–water partition coefficient (Wildman–Crippen LogP) is 3.70. The molecule has 0 aliphatic carbocycles. The van der Waals surface area contributed by atoms with Gasteiger partial charge in [-0.05, 0) is 49.7 Å². The van der Waals surface area contributed by atoms with E-state index in [0.717, 1.165) is 10.9 Å². The van der Waals surface area contributed by atoms with Crippen molar-refractivity contribution in [2.45, 2.75) is 20.0 Å². The number of esters is 1. The predicted molar refractivity (Wildman–Crippen MR) is 108 cm³/mol. The minimum atomic E-state index is -1.03. The number of benzene rings is 2. The van der Waals surface area contributed by atoms with E-state index >= 15 is 0 Å². The fraction of sp³-hybridized carbons (Fsp3) is 0.190. The Morgan fingerprint density at radius 3 is 2.72 bits per heavy atom. The molecule has 0 bridgehead atoms. The summed E-state index contributed by atoms with van der Waals surface area (Å²) in [6.45, 7) is 2.84. The summed E-state index contributed by atoms with van der Waals surface area (Å²) < 4.78 is 15.6. The molecular formula is C21H18ClNO6. The van der Waals surface area contributed by atoms with Crippen LogP contribution in [0.5, 0.6) is 5.75 Å². The zero-order valence-electron chi connectivity index (χ0n) is 15.7. The molecule has 29 heavy (non-hydrogen) atoms. The highest BCUT2D eigenvalue weighted by atomic mass is 35.5. The number of hydrogen-bond acceptors (Lipinski definition) is 6. The molecule has 0 saturated carbocycles. The van der Waals surface area contributed by atoms with Gasteiger partial charge in [0.05, 0.1) is 0 Å². The van der Waals surface area contributed by atoms with Crippen molar-refractivity contribution < 1.29 is 23.5 Å². The first-order valence-corrected chi connectivity index (χ1v) is 9.13. The quantitative estimate of drug-likeness (QED) is 0.487. The Morgan fingerprint density at radius 2 is 1.97 bits per heavy atom. The van der Waals surface area contributed by atoms with Crippen molar-refractivity contribution in [1.82, 2.24) is 0 Å². The van der Waals surface area contributed by atoms with E-state index < -0.39 is 30.2 Å². The topological polar surface area (TPSA) is 94.8 Å². The molecule has 1 heterocycles. The normalized spacial score (nSPS) is 11.7. The fourth-order valence-corrected chi connectivity index (χ4v) is 2.82. The molecule has 0 fully saturated rings. The van der Waals surface area contributed by atoms with Gasteiger partial charge >= 0.3 is 11.6 Å². The van der Waals surface area contributed by atoms with Crippen LogP contribution in [0.1, 0.15) is 12.5 Å². The van der Waals surface area contributed by atoms with Gasteiger partial charge in [0, 0.05) is 28.2 Å². The molecule has 1 atom stereocenters. The molecule has 150 valence electrons. The van der Waals surface area contributed by atoms with E-state index in [4.69, 9.17) is 25.5 Å². The van der Waals surface area contributed by atoms with E-state index in [-0.39, 0.29) is 0 Å². The summed E-state index contributed by atoms with van der Waals surface area (Å²) in [5.74, 6) is -0.882. The third-order valence-corrected chi connectivity index (χ3v) is 4.28. The van der Waals surface area contributed by atoms with Crippen LogP contribution in [0, 0.1) is 6.92 Å². The summed E-state index contributed by atoms with van der Waals surface area (Å²) in [5.41, 5.74) is 1.16. The number of carbonyl (C=O) groups is 2. The van der Waals surface area contributed by atoms with Gasteiger partial charge in [-0.2, -0.15) is 0 Å². The number of aryl methyl sites for hydroxylation is 1. The van der Waals surface area contributed by atoms with E-state index in [1.807, 2.05) is 0 Å². The third-order valence-electron chi connectivity index (χ3n) is 4.05. The standard InChI is InChI=1S/C21H18ClNO6/c1-12-8-19(24)29-18-10-16(6-7-17(12)18)27-11-20(25)28-13(2)21(26)23-15-5-3-4-14(22)9-15/h3-10,13H,11H2,1-2H3,(H,23,26)/t13-/m1/s1. The highest BCUT2D eigenvalue weighted by Gasteiger charge is 2.18. The smallest absolute Gasteiger partial charge is 0.344 e. The Bertz CT molecular complexity index is 1120. The van der Waals surface area contributed by atoms with Crippen LogP contribution in [0.2, 0.25) is 5.02 Å². The summed E-state index contributed by atoms with van der Waals surface area (Å²) >= 11 is 5.87. The molecule has 1 amide bonds. The van der Waals surface area contributed by atoms with Gasteiger partial charge in [-0.15, -0.1) is 0 Å². The van der Waals surface area contributed by atoms with E-state index in [1.54, 1.807) is 43.3 Å². The first kappa shape index (κ1) is 20.4. The number of halogens is 1. The molecule has 0 radical (unpaired) electrons. The lowest BCUT2D eigenvalue weighted by atomic mass is 10.1. The monoisotopic (exact) mass is 415 g/mol. The maximum atomic E-state index is 12.1. The van der Waals surface area contributed by atoms with Gasteiger partial charge in [0.15, 0.2) is 12.7 Å². The summed E-state index contributed by atoms with van der Waals surface area (Å²) in [7, 11) is 0. The van der Waals surface area contributed by atoms with E-state index in [0.29, 0.717) is 22.0 Å². The molecule has 8 heteroatoms. The second-order valence-corrected chi connectivity index (χ2v) is 6.76. The van der Waals surface area contributed by atoms with Crippen molar-refractivity contribution in [1.29, 1.82) is 0 Å². The van der Waals surface area contributed by atoms with Gasteiger partial charge in [0.1, 0.15) is 11.3 Å². The second-order valence-electron chi connectivity index (χ2n) is 6.33. The van der Waals surface area contributed by atoms with Gasteiger partial charge in [0.2, 0.25) is 0 Å². The number of rotatable bonds is 6. The van der Waals surface area contributed by atoms with Crippen LogP contribution in [-0.2, 0) is 14.3 Å². The summed E-state index contributed by atoms with van der Waals surface area (Å²) in [4.78, 5) is 35.6. The van der Waals surface area contributed by atoms with Crippen molar-refractivity contribution >= 4 is 40.1 Å². The lowest BCUT2D eigenvalue weighted by Crippen LogP contribution is -2.31. The van der Waals surface area contributed by atoms with Gasteiger partial charge in [-0.3, -0.25) is 4.79 Å². The molecule has 2 aromatic carbocycles. The van der Waals surface area contributed by atoms with E-state index in [1.165, 1.54) is 19.1 Å². The molecular weight excluding hydrogens is 398 g/mol. The number of nitrogens with one attached hydrogen (secondary N) is 1. The maximum absolute atomic E-state index is 12.1. The van der Waals surface area contributed by atoms with Crippen LogP contribution >= 0.6 is 11.6 Å². The Kier molecular flexibility index (Phi) is 6.19. The third kappa shape index (κ3) is 5.36. The Balaban J connectivity index is 1.56. The summed E-state index contributed by atoms with van der Waals surface area (Å²) in [6.07, 6.45) is -1.03. The number of carbonyl (C=O) groups excluding carboxylic acids is 2. The van der Waals surface area contributed by atoms with E-state index in [9.17, 15) is 14.4 Å². The van der Waals surface area contributed by atoms with Gasteiger partial charge in [0.25, 0.3) is 5.91 Å². The SMILES string of the molecule is Cc1cc(=O)oc2cc(OCC(=O)O[C@H](C)C(=O)Nc3cccc(Cl)c3)ccc12. The molecule has 7 nitrogen and oxygen atoms in total. The van der Waals surface area contributed by atoms with Crippen LogP contribution in [0.25, 0.3) is 11.0 Å². The first-order chi connectivity index (χ1) is 13.8. The molecule has 3 aromatic rings. The van der Waals surface area contributed by atoms with Crippen molar-refractivity contribution in [3.05, 3.63) is 69.5 Å². The lowest BCUT2D eigenvalue weighted by molar-refractivity contribution is -0.155. The van der Waals surface area contributed by atoms with Crippen molar-refractivity contribution in [3.8, 4) is 5.75 Å². The number of hydrogen-bond donors (Lipinski definition) is 1. The summed E-state index contributed by atoms with van der Waals surface area (Å²) in [5, 5.41) is 3.85. The van der Waals surface area contributed by atoms with Crippen molar-refractivity contribution in [3.63, 3.8) is 0 Å². The number of amides is 1. The highest BCUT2D eigenvalue weighted by Crippen LogP contribution is 2.22. The molecule has 0 unspecified atom stereocenters. The average molecular weight is 416 g/mol. The fourth-order valence-electron chi connectivity index (χ4n) is 2.63. The minimum Gasteiger partial charge on any atom is -0.482 e. The maximum Gasteiger partial charge on any atom is 0.344 e. The van der Waals surface area contributed by atoms with Crippen LogP contribution < -0.4 is 15.7 Å². The van der Waals surface area contributed by atoms with Gasteiger partial charge in [-0.1, -0.05) is 17.7 Å². The van der Waals surface area contributed by atoms with Crippen molar-refractivity contribution in [2.24, 2.45) is 0 Å². The summed E-state index contributed by atoms with van der Waals surface area (Å²) in [6, 6.07) is 12.9. The van der Waals surface area contributed by atoms with Crippen LogP contribution in [0.15, 0.2) is 57.7 Å². The Hall–Kier alpha value is -3.32. The molecule has 0 aliphatic heterocycles. The zero-order chi connectivity index (χ0) is 21.0. The van der Waals surface area contributed by atoms with Crippen LogP contribution in [0.4, 0.5) is 5.69 Å². The molecule has 0 saturated heterocycles. The first-order valence-electron chi connectivity index (χ1n) is 8.75. The number of ether oxygens (including phenoxy) is 2. The Labute approximate surface area is 171 Å². The largest absolute Gasteiger partial charge is 0.482 e. The molecule has 1 N–H and O–H groups in total. The average Bonchev–Trinajstić information content (AvgIpc) is 2.66.